The highest BCUT2D eigenvalue weighted by Gasteiger charge is 2.62. The zero-order chi connectivity index (χ0) is 42.5. The van der Waals surface area contributed by atoms with Crippen molar-refractivity contribution < 1.29 is 47.6 Å². The number of methoxy groups -OCH3 is 1. The lowest BCUT2D eigenvalue weighted by molar-refractivity contribution is -0.295. The van der Waals surface area contributed by atoms with Crippen molar-refractivity contribution in [3.05, 3.63) is 42.1 Å². The van der Waals surface area contributed by atoms with Crippen LogP contribution in [0, 0.1) is 17.8 Å². The van der Waals surface area contributed by atoms with E-state index in [9.17, 15) is 19.5 Å². The fraction of sp³-hybridized carbons (Fsp3) is 0.698. The van der Waals surface area contributed by atoms with Crippen molar-refractivity contribution in [1.82, 2.24) is 19.9 Å². The molecule has 320 valence electrons. The van der Waals surface area contributed by atoms with Gasteiger partial charge in [0.15, 0.2) is 17.7 Å². The first-order valence-corrected chi connectivity index (χ1v) is 20.5. The average Bonchev–Trinajstić information content (AvgIpc) is 3.36. The summed E-state index contributed by atoms with van der Waals surface area (Å²) in [5.41, 5.74) is -3.09. The van der Waals surface area contributed by atoms with Crippen molar-refractivity contribution in [2.45, 2.75) is 141 Å². The van der Waals surface area contributed by atoms with E-state index in [2.05, 4.69) is 4.98 Å². The number of aliphatic hydroxyl groups is 1. The number of amides is 1. The van der Waals surface area contributed by atoms with Crippen LogP contribution in [0.15, 0.2) is 41.5 Å². The number of carbonyl (C=O) groups excluding carboxylic acids is 3. The molecule has 6 rings (SSSR count). The van der Waals surface area contributed by atoms with E-state index in [4.69, 9.17) is 28.7 Å². The Hall–Kier alpha value is -3.60. The maximum atomic E-state index is 16.9. The smallest absolute Gasteiger partial charge is 0.425 e. The van der Waals surface area contributed by atoms with Gasteiger partial charge in [-0.1, -0.05) is 39.0 Å². The van der Waals surface area contributed by atoms with Crippen LogP contribution in [-0.2, 0) is 39.7 Å². The minimum absolute atomic E-state index is 0.143. The predicted octanol–water partition coefficient (Wildman–Crippen LogP) is 5.13. The summed E-state index contributed by atoms with van der Waals surface area (Å²) in [6, 6.07) is 8.93. The third kappa shape index (κ3) is 8.02. The monoisotopic (exact) mass is 811 g/mol. The van der Waals surface area contributed by atoms with Gasteiger partial charge in [-0.2, -0.15) is 5.01 Å². The Morgan fingerprint density at radius 2 is 1.74 bits per heavy atom. The van der Waals surface area contributed by atoms with Crippen LogP contribution in [0.4, 0.5) is 9.18 Å². The number of fused-ring (bicyclic) bond motifs is 2. The van der Waals surface area contributed by atoms with Crippen LogP contribution in [0.2, 0.25) is 0 Å². The van der Waals surface area contributed by atoms with Crippen molar-refractivity contribution in [1.29, 1.82) is 0 Å². The van der Waals surface area contributed by atoms with Gasteiger partial charge in [0, 0.05) is 48.8 Å². The molecule has 0 radical (unpaired) electrons. The molecule has 1 aromatic carbocycles. The number of likely N-dealkylation sites (N-methyl/N-ethyl adjacent to an activating group) is 1. The standard InChI is InChI=1S/C43H62FN5O9/c1-24-22-41(6,54-11)37(57-38-34(50)32(47(9)10)21-25(2)55-38)27(4)36(51)42(7,44)39(52)56-28(5)43(8)35-26(3)33(24)46-23-48(49(35)40(53)58-43)20-14-15-29-18-19-45-31-17-13-12-16-30(29)31/h12-13,16-19,24-28,32,34-35,37-38,50H,14-15,20-23H2,1-11H3/t24-,25-,26-,27+,28+,32+,34-,35-,37-,38+,41+,42?,43-/m1/s1. The quantitative estimate of drug-likeness (QED) is 0.278. The number of para-hydroxylation sites is 1. The van der Waals surface area contributed by atoms with Crippen LogP contribution in [-0.4, -0.2) is 143 Å². The van der Waals surface area contributed by atoms with E-state index in [1.54, 1.807) is 32.0 Å². The number of nitrogens with zero attached hydrogens (tertiary/aromatic N) is 5. The Labute approximate surface area is 341 Å². The number of ether oxygens (including phenoxy) is 5. The van der Waals surface area contributed by atoms with Crippen LogP contribution in [0.1, 0.15) is 80.2 Å². The summed E-state index contributed by atoms with van der Waals surface area (Å²) >= 11 is 0. The third-order valence-electron chi connectivity index (χ3n) is 13.3. The van der Waals surface area contributed by atoms with Crippen LogP contribution >= 0.6 is 0 Å². The first-order valence-electron chi connectivity index (χ1n) is 20.5. The van der Waals surface area contributed by atoms with Gasteiger partial charge in [0.2, 0.25) is 0 Å². The summed E-state index contributed by atoms with van der Waals surface area (Å²) in [5.74, 6) is -4.56. The molecule has 5 heterocycles. The molecule has 2 bridgehead atoms. The molecule has 3 fully saturated rings. The summed E-state index contributed by atoms with van der Waals surface area (Å²) in [5, 5.41) is 16.0. The Morgan fingerprint density at radius 1 is 1.03 bits per heavy atom. The van der Waals surface area contributed by atoms with E-state index in [1.165, 1.54) is 14.0 Å². The molecule has 4 aliphatic heterocycles. The van der Waals surface area contributed by atoms with E-state index in [0.29, 0.717) is 25.8 Å². The molecular weight excluding hydrogens is 749 g/mol. The van der Waals surface area contributed by atoms with Crippen molar-refractivity contribution in [3.63, 3.8) is 0 Å². The number of carbonyl (C=O) groups is 3. The molecule has 1 unspecified atom stereocenters. The van der Waals surface area contributed by atoms with Crippen LogP contribution < -0.4 is 0 Å². The number of aliphatic hydroxyl groups excluding tert-OH is 1. The second-order valence-corrected chi connectivity index (χ2v) is 17.6. The molecule has 14 nitrogen and oxygen atoms in total. The van der Waals surface area contributed by atoms with E-state index >= 15 is 4.39 Å². The topological polar surface area (TPSA) is 153 Å². The SMILES string of the molecule is CO[C@@]1(C)C[C@@H](C)C2=NCN(CCCc3ccnc4ccccc34)N3C(=O)O[C@](C)([C@H](C)OC(=O)C(C)(F)C(=O)[C@H](C)[C@H]1O[C@@H]1O[C@H](C)C[C@H](N(C)C)[C@H]1O)[C@H]3[C@@H]2C. The number of esters is 1. The zero-order valence-corrected chi connectivity index (χ0v) is 35.8. The lowest BCUT2D eigenvalue weighted by Crippen LogP contribution is -2.62. The highest BCUT2D eigenvalue weighted by atomic mass is 19.1. The number of alkyl halides is 1. The Morgan fingerprint density at radius 3 is 2.43 bits per heavy atom. The maximum Gasteiger partial charge on any atom is 0.425 e. The van der Waals surface area contributed by atoms with Crippen molar-refractivity contribution >= 4 is 34.5 Å². The summed E-state index contributed by atoms with van der Waals surface area (Å²) in [4.78, 5) is 53.8. The van der Waals surface area contributed by atoms with Gasteiger partial charge in [0.25, 0.3) is 5.67 Å². The number of hydrogen-bond donors (Lipinski definition) is 1. The van der Waals surface area contributed by atoms with Gasteiger partial charge in [-0.25, -0.2) is 19.0 Å². The van der Waals surface area contributed by atoms with Crippen LogP contribution in [0.25, 0.3) is 10.9 Å². The number of hydrazine groups is 1. The van der Waals surface area contributed by atoms with Gasteiger partial charge in [-0.05, 0) is 98.0 Å². The fourth-order valence-corrected chi connectivity index (χ4v) is 9.79. The zero-order valence-electron chi connectivity index (χ0n) is 35.8. The first-order chi connectivity index (χ1) is 27.2. The van der Waals surface area contributed by atoms with Gasteiger partial charge < -0.3 is 33.7 Å². The number of halogens is 1. The summed E-state index contributed by atoms with van der Waals surface area (Å²) < 4.78 is 47.8. The Kier molecular flexibility index (Phi) is 12.7. The fourth-order valence-electron chi connectivity index (χ4n) is 9.79. The van der Waals surface area contributed by atoms with E-state index in [0.717, 1.165) is 29.1 Å². The summed E-state index contributed by atoms with van der Waals surface area (Å²) in [6.45, 7) is 13.8. The third-order valence-corrected chi connectivity index (χ3v) is 13.3. The molecule has 58 heavy (non-hydrogen) atoms. The molecule has 13 atom stereocenters. The van der Waals surface area contributed by atoms with Crippen LogP contribution in [0.5, 0.6) is 0 Å². The van der Waals surface area contributed by atoms with Gasteiger partial charge in [-0.15, -0.1) is 0 Å². The van der Waals surface area contributed by atoms with Gasteiger partial charge in [0.1, 0.15) is 24.9 Å². The second-order valence-electron chi connectivity index (χ2n) is 17.6. The molecule has 0 spiro atoms. The van der Waals surface area contributed by atoms with Crippen molar-refractivity contribution in [2.75, 3.05) is 34.4 Å². The number of hydrogen-bond acceptors (Lipinski definition) is 13. The number of rotatable bonds is 8. The molecule has 1 amide bonds. The normalized spacial score (nSPS) is 39.2. The molecule has 4 aliphatic rings. The number of benzene rings is 1. The number of aromatic nitrogens is 1. The Bertz CT molecular complexity index is 1870. The number of Topliss-reactive ketones (excluding diaryl/α,β-unsaturated/α-hetero) is 1. The molecule has 0 saturated carbocycles. The number of cyclic esters (lactones) is 1. The van der Waals surface area contributed by atoms with E-state index in [-0.39, 0.29) is 31.2 Å². The highest BCUT2D eigenvalue weighted by molar-refractivity contribution is 6.08. The summed E-state index contributed by atoms with van der Waals surface area (Å²) in [6.07, 6.45) is -1.66. The number of ketones is 1. The minimum Gasteiger partial charge on any atom is -0.456 e. The number of aryl methyl sites for hydroxylation is 1. The number of pyridine rings is 1. The molecule has 0 aliphatic carbocycles. The highest BCUT2D eigenvalue weighted by Crippen LogP contribution is 2.44. The van der Waals surface area contributed by atoms with Gasteiger partial charge in [-0.3, -0.25) is 14.8 Å². The number of aliphatic imine (C=N–C) groups is 1. The molecule has 3 saturated heterocycles. The lowest BCUT2D eigenvalue weighted by atomic mass is 9.73. The summed E-state index contributed by atoms with van der Waals surface area (Å²) in [7, 11) is 5.20. The average molecular weight is 812 g/mol. The lowest BCUT2D eigenvalue weighted by Gasteiger charge is -2.47. The first kappa shape index (κ1) is 44.0. The van der Waals surface area contributed by atoms with Crippen LogP contribution in [0.3, 0.4) is 0 Å². The molecule has 1 aromatic heterocycles. The van der Waals surface area contributed by atoms with Gasteiger partial charge in [0.05, 0.1) is 23.3 Å². The molecule has 15 heteroatoms. The minimum atomic E-state index is -3.13. The molecular formula is C43H62FN5O9. The van der Waals surface area contributed by atoms with Crippen molar-refractivity contribution in [2.24, 2.45) is 22.7 Å². The second kappa shape index (κ2) is 16.8. The van der Waals surface area contributed by atoms with E-state index < -0.39 is 77.2 Å². The maximum absolute atomic E-state index is 16.9. The molecule has 2 aromatic rings. The van der Waals surface area contributed by atoms with Gasteiger partial charge >= 0.3 is 12.1 Å². The Balaban J connectivity index is 1.39. The van der Waals surface area contributed by atoms with Crippen molar-refractivity contribution in [3.8, 4) is 0 Å². The largest absolute Gasteiger partial charge is 0.456 e. The molecule has 1 N–H and O–H groups in total. The van der Waals surface area contributed by atoms with E-state index in [1.807, 2.05) is 75.1 Å². The predicted molar refractivity (Wildman–Crippen MR) is 214 cm³/mol.